The van der Waals surface area contributed by atoms with Crippen LogP contribution in [0, 0.1) is 35.5 Å². The average Bonchev–Trinajstić information content (AvgIpc) is 3.38. The van der Waals surface area contributed by atoms with Crippen molar-refractivity contribution in [3.8, 4) is 0 Å². The van der Waals surface area contributed by atoms with E-state index in [0.29, 0.717) is 79.1 Å². The lowest BCUT2D eigenvalue weighted by atomic mass is 9.78. The van der Waals surface area contributed by atoms with Gasteiger partial charge in [-0.05, 0) is 125 Å². The van der Waals surface area contributed by atoms with Crippen molar-refractivity contribution in [3.05, 3.63) is 63.7 Å². The number of esters is 1. The van der Waals surface area contributed by atoms with Crippen LogP contribution in [-0.4, -0.2) is 144 Å². The summed E-state index contributed by atoms with van der Waals surface area (Å²) in [5.41, 5.74) is 1.53. The molecule has 6 aliphatic rings. The number of Topliss-reactive ketones (excluding diaryl/α,β-unsaturated/α-hetero) is 3. The molecule has 2 unspecified atom stereocenters. The Kier molecular flexibility index (Phi) is 21.7. The van der Waals surface area contributed by atoms with Gasteiger partial charge in [-0.3, -0.25) is 24.0 Å². The number of para-hydroxylation sites is 1. The van der Waals surface area contributed by atoms with Gasteiger partial charge in [-0.2, -0.15) is 0 Å². The minimum absolute atomic E-state index is 0.0561. The first-order valence-corrected chi connectivity index (χ1v) is 27.7. The molecule has 0 aromatic heterocycles. The van der Waals surface area contributed by atoms with E-state index in [2.05, 4.69) is 0 Å². The minimum atomic E-state index is -2.50. The van der Waals surface area contributed by atoms with Gasteiger partial charge in [-0.15, -0.1) is 0 Å². The third-order valence-electron chi connectivity index (χ3n) is 16.6. The highest BCUT2D eigenvalue weighted by molar-refractivity contribution is 6.39. The van der Waals surface area contributed by atoms with Crippen molar-refractivity contribution in [2.24, 2.45) is 35.5 Å². The van der Waals surface area contributed by atoms with Crippen molar-refractivity contribution in [2.75, 3.05) is 32.9 Å². The van der Waals surface area contributed by atoms with E-state index in [1.807, 2.05) is 39.0 Å². The summed E-state index contributed by atoms with van der Waals surface area (Å²) < 4.78 is 29.8. The van der Waals surface area contributed by atoms with Crippen molar-refractivity contribution in [3.63, 3.8) is 0 Å². The molecule has 1 aromatic carbocycles. The second kappa shape index (κ2) is 26.9. The molecule has 3 N–H and O–H groups in total. The number of ketones is 3. The first-order chi connectivity index (χ1) is 35.5. The molecule has 3 fully saturated rings. The van der Waals surface area contributed by atoms with Gasteiger partial charge in [0.15, 0.2) is 5.78 Å². The molecule has 1 aliphatic carbocycles. The van der Waals surface area contributed by atoms with Gasteiger partial charge < -0.3 is 43.9 Å². The van der Waals surface area contributed by atoms with Crippen molar-refractivity contribution in [2.45, 2.75) is 192 Å². The third kappa shape index (κ3) is 14.4. The molecular weight excluding hydrogens is 1010 g/mol. The monoisotopic (exact) mass is 1090 g/mol. The van der Waals surface area contributed by atoms with Gasteiger partial charge in [-0.1, -0.05) is 82.1 Å². The Morgan fingerprint density at radius 2 is 1.55 bits per heavy atom. The van der Waals surface area contributed by atoms with E-state index >= 15 is 0 Å². The number of amides is 1. The maximum Gasteiger partial charge on any atom is 0.329 e. The predicted octanol–water partition coefficient (Wildman–Crippen LogP) is 8.12. The molecule has 4 bridgehead atoms. The lowest BCUT2D eigenvalue weighted by molar-refractivity contribution is -0.265. The van der Waals surface area contributed by atoms with E-state index in [1.54, 1.807) is 71.3 Å². The van der Waals surface area contributed by atoms with E-state index in [4.69, 9.17) is 51.7 Å². The lowest BCUT2D eigenvalue weighted by Gasteiger charge is -2.43. The summed E-state index contributed by atoms with van der Waals surface area (Å²) >= 11 is 13.6. The Morgan fingerprint density at radius 1 is 0.840 bits per heavy atom. The topological polar surface area (TPSA) is 208 Å². The Bertz CT molecular complexity index is 2250. The molecule has 16 nitrogen and oxygen atoms in total. The molecule has 1 aromatic rings. The minimum Gasteiger partial charge on any atom is -0.460 e. The average molecular weight is 1090 g/mol. The van der Waals surface area contributed by atoms with E-state index in [0.717, 1.165) is 5.57 Å². The Hall–Kier alpha value is -3.55. The van der Waals surface area contributed by atoms with Crippen LogP contribution in [0.4, 0.5) is 5.69 Å². The van der Waals surface area contributed by atoms with Crippen LogP contribution in [0.3, 0.4) is 0 Å². The summed E-state index contributed by atoms with van der Waals surface area (Å²) in [6.45, 7) is 12.6. The van der Waals surface area contributed by atoms with Gasteiger partial charge in [-0.25, -0.2) is 9.86 Å². The molecule has 5 aliphatic heterocycles. The fourth-order valence-corrected chi connectivity index (χ4v) is 12.4. The van der Waals surface area contributed by atoms with Crippen LogP contribution in [-0.2, 0) is 52.5 Å². The number of carbonyl (C=O) groups excluding carboxylic acids is 5. The van der Waals surface area contributed by atoms with Crippen molar-refractivity contribution < 1.29 is 67.8 Å². The Morgan fingerprint density at radius 3 is 2.21 bits per heavy atom. The van der Waals surface area contributed by atoms with Crippen LogP contribution in [0.2, 0.25) is 10.0 Å². The largest absolute Gasteiger partial charge is 0.460 e. The van der Waals surface area contributed by atoms with Crippen molar-refractivity contribution >= 4 is 58.1 Å². The molecule has 1 saturated carbocycles. The molecule has 2 saturated heterocycles. The molecule has 5 heterocycles. The first kappa shape index (κ1) is 60.7. The number of aliphatic hydroxyl groups excluding tert-OH is 2. The standard InChI is InChI=1S/C57H82Cl2N2O14/c1-31-24-35(5)51(64)53(72-10)52(65)36(6)25-32(2)46(63)30-48(33(3)26-38-18-22-45(62)49(28-38)71-9)73-56(68)44-16-11-12-23-60(44)55(67)54(66)57(69)37(7)17-19-39(74-57)29-47(70-8)34(4)27-40-20-21-43(31)61(75-40)50-41(58)14-13-15-42(50)59/h13-15,20-21,25,27,31-33,35,37-40,43-45,47-49,52-53,62,65,69H,11-12,16-19,22-24,26,28-30H2,1-10H3/b34-27?,36-25+/t31-,32+,33+,35+,37+,38-,39-,40?,43?,44-,45+,47-,48-,49+,52+,53-,57+/m0/s1. The molecule has 0 spiro atoms. The van der Waals surface area contributed by atoms with Crippen LogP contribution in [0.25, 0.3) is 0 Å². The van der Waals surface area contributed by atoms with Gasteiger partial charge in [0.1, 0.15) is 41.9 Å². The van der Waals surface area contributed by atoms with Gasteiger partial charge in [0.05, 0.1) is 40.5 Å². The normalized spacial score (nSPS) is 37.9. The zero-order valence-corrected chi connectivity index (χ0v) is 47.0. The number of hydroxylamine groups is 1. The number of methoxy groups -OCH3 is 3. The smallest absolute Gasteiger partial charge is 0.329 e. The summed E-state index contributed by atoms with van der Waals surface area (Å²) in [5.74, 6) is -8.85. The van der Waals surface area contributed by atoms with Crippen LogP contribution < -0.4 is 5.06 Å². The number of fused-ring (bicyclic) bond motifs is 16. The van der Waals surface area contributed by atoms with Gasteiger partial charge in [0.2, 0.25) is 5.79 Å². The predicted molar refractivity (Wildman–Crippen MR) is 284 cm³/mol. The fraction of sp³-hybridized carbons (Fsp3) is 0.702. The maximum absolute atomic E-state index is 14.5. The van der Waals surface area contributed by atoms with E-state index in [9.17, 15) is 39.3 Å². The maximum atomic E-state index is 14.5. The highest BCUT2D eigenvalue weighted by Gasteiger charge is 2.53. The highest BCUT2D eigenvalue weighted by atomic mass is 35.5. The molecule has 75 heavy (non-hydrogen) atoms. The summed E-state index contributed by atoms with van der Waals surface area (Å²) in [6, 6.07) is 3.51. The molecule has 1 amide bonds. The van der Waals surface area contributed by atoms with E-state index in [-0.39, 0.29) is 61.2 Å². The molecule has 0 radical (unpaired) electrons. The zero-order chi connectivity index (χ0) is 55.1. The Labute approximate surface area is 453 Å². The summed E-state index contributed by atoms with van der Waals surface area (Å²) in [5, 5.41) is 36.8. The molecular formula is C57H82Cl2N2O14. The van der Waals surface area contributed by atoms with E-state index in [1.165, 1.54) is 12.0 Å². The number of allylic oxidation sites excluding steroid dienone is 1. The number of carbonyl (C=O) groups is 5. The number of hydrogen-bond acceptors (Lipinski definition) is 15. The van der Waals surface area contributed by atoms with Crippen LogP contribution >= 0.6 is 23.2 Å². The number of benzene rings is 1. The molecule has 18 heteroatoms. The van der Waals surface area contributed by atoms with Crippen LogP contribution in [0.5, 0.6) is 0 Å². The quantitative estimate of drug-likeness (QED) is 0.134. The fourth-order valence-electron chi connectivity index (χ4n) is 11.9. The zero-order valence-electron chi connectivity index (χ0n) is 45.5. The highest BCUT2D eigenvalue weighted by Crippen LogP contribution is 2.41. The summed E-state index contributed by atoms with van der Waals surface area (Å²) in [6.07, 6.45) is 5.60. The van der Waals surface area contributed by atoms with Crippen molar-refractivity contribution in [1.29, 1.82) is 0 Å². The summed E-state index contributed by atoms with van der Waals surface area (Å²) in [7, 11) is 4.47. The van der Waals surface area contributed by atoms with Crippen LogP contribution in [0.15, 0.2) is 53.6 Å². The van der Waals surface area contributed by atoms with Gasteiger partial charge >= 0.3 is 5.97 Å². The number of piperidine rings is 1. The number of halogens is 2. The lowest BCUT2D eigenvalue weighted by Crippen LogP contribution is -2.61. The van der Waals surface area contributed by atoms with E-state index < -0.39 is 96.0 Å². The van der Waals surface area contributed by atoms with Gasteiger partial charge in [0.25, 0.3) is 11.7 Å². The second-order valence-electron chi connectivity index (χ2n) is 22.2. The number of nitrogens with zero attached hydrogens (tertiary/aromatic N) is 2. The number of rotatable bonds is 7. The van der Waals surface area contributed by atoms with Crippen LogP contribution in [0.1, 0.15) is 126 Å². The number of aliphatic hydroxyl groups is 3. The van der Waals surface area contributed by atoms with Crippen molar-refractivity contribution in [1.82, 2.24) is 4.90 Å². The second-order valence-corrected chi connectivity index (χ2v) is 23.0. The SMILES string of the molecule is CO[C@H]1C[C@@H]2CC[C@@H](C)[C@@](O)(O2)C(=O)C(=O)N2CCCC[C@H]2C(=O)O[C@H]([C@H](C)C[C@@H]2CC[C@@H](O)[C@H](OC)C2)CC(=O)[C@H](C)/C=C(\C)[C@@H](O)[C@@H](OC)C(=O)[C@H](C)C[C@H](C)C2C=CC(C=C1C)ON2c1c(Cl)cccc1Cl. The number of anilines is 1. The number of hydrogen-bond donors (Lipinski definition) is 3. The Balaban J connectivity index is 1.37. The number of ether oxygens (including phenoxy) is 5. The summed E-state index contributed by atoms with van der Waals surface area (Å²) in [4.78, 5) is 79.9. The molecule has 17 atom stereocenters. The molecule has 7 rings (SSSR count). The first-order valence-electron chi connectivity index (χ1n) is 26.9. The van der Waals surface area contributed by atoms with Gasteiger partial charge in [0, 0.05) is 58.5 Å². The molecule has 418 valence electrons. The third-order valence-corrected chi connectivity index (χ3v) is 17.2.